The van der Waals surface area contributed by atoms with Crippen molar-refractivity contribution >= 4 is 17.7 Å². The normalized spacial score (nSPS) is 13.6. The van der Waals surface area contributed by atoms with Gasteiger partial charge in [0.2, 0.25) is 5.82 Å². The van der Waals surface area contributed by atoms with E-state index in [4.69, 9.17) is 5.11 Å². The van der Waals surface area contributed by atoms with Crippen LogP contribution in [0.1, 0.15) is 76.4 Å². The number of unbranched alkanes of at least 4 members (excludes halogenated alkanes) is 7. The van der Waals surface area contributed by atoms with Crippen molar-refractivity contribution in [1.82, 2.24) is 20.6 Å². The monoisotopic (exact) mass is 472 g/mol. The van der Waals surface area contributed by atoms with Crippen LogP contribution in [-0.2, 0) is 4.79 Å². The minimum atomic E-state index is -0.839. The number of benzene rings is 1. The van der Waals surface area contributed by atoms with Gasteiger partial charge in [-0.15, -0.1) is 10.2 Å². The summed E-state index contributed by atoms with van der Waals surface area (Å²) in [5.41, 5.74) is 1.48. The smallest absolute Gasteiger partial charge is 0.304 e. The number of aliphatic hydroxyl groups is 1. The Morgan fingerprint density at radius 2 is 1.94 bits per heavy atom. The van der Waals surface area contributed by atoms with Crippen molar-refractivity contribution < 1.29 is 15.0 Å². The van der Waals surface area contributed by atoms with Crippen molar-refractivity contribution in [2.45, 2.75) is 76.1 Å². The van der Waals surface area contributed by atoms with Crippen molar-refractivity contribution in [3.63, 3.8) is 0 Å². The summed E-state index contributed by atoms with van der Waals surface area (Å²) in [7, 11) is 0. The first kappa shape index (κ1) is 26.8. The van der Waals surface area contributed by atoms with Crippen LogP contribution >= 0.6 is 11.8 Å². The molecule has 8 heteroatoms. The largest absolute Gasteiger partial charge is 0.481 e. The van der Waals surface area contributed by atoms with Crippen molar-refractivity contribution in [2.75, 3.05) is 5.75 Å². The molecule has 0 aliphatic rings. The first-order valence-electron chi connectivity index (χ1n) is 11.8. The van der Waals surface area contributed by atoms with Crippen LogP contribution in [0.4, 0.5) is 0 Å². The Bertz CT molecular complexity index is 855. The molecular formula is C25H36N4O3S. The number of H-pyrrole nitrogens is 1. The molecule has 3 N–H and O–H groups in total. The van der Waals surface area contributed by atoms with Gasteiger partial charge in [-0.2, -0.15) is 17.0 Å². The molecule has 2 atom stereocenters. The van der Waals surface area contributed by atoms with E-state index >= 15 is 0 Å². The summed E-state index contributed by atoms with van der Waals surface area (Å²) in [4.78, 5) is 10.9. The number of aliphatic hydroxyl groups excluding tert-OH is 1. The maximum Gasteiger partial charge on any atom is 0.304 e. The molecule has 33 heavy (non-hydrogen) atoms. The van der Waals surface area contributed by atoms with Gasteiger partial charge in [-0.1, -0.05) is 88.0 Å². The van der Waals surface area contributed by atoms with E-state index in [-0.39, 0.29) is 11.7 Å². The zero-order valence-corrected chi connectivity index (χ0v) is 20.2. The number of nitrogens with zero attached hydrogens (tertiary/aromatic N) is 3. The predicted octanol–water partition coefficient (Wildman–Crippen LogP) is 5.73. The molecule has 0 saturated heterocycles. The van der Waals surface area contributed by atoms with Gasteiger partial charge in [-0.25, -0.2) is 0 Å². The molecule has 2 rings (SSSR count). The summed E-state index contributed by atoms with van der Waals surface area (Å²) >= 11 is 1.44. The van der Waals surface area contributed by atoms with Gasteiger partial charge >= 0.3 is 5.97 Å². The molecule has 180 valence electrons. The lowest BCUT2D eigenvalue weighted by atomic mass is 10.0. The summed E-state index contributed by atoms with van der Waals surface area (Å²) in [5.74, 6) is 0.0459. The number of aliphatic carboxylic acids is 1. The molecule has 0 radical (unpaired) electrons. The molecule has 0 amide bonds. The average molecular weight is 473 g/mol. The average Bonchev–Trinajstić information content (AvgIpc) is 3.36. The molecule has 0 spiro atoms. The van der Waals surface area contributed by atoms with Crippen LogP contribution in [0, 0.1) is 0 Å². The Kier molecular flexibility index (Phi) is 13.2. The minimum Gasteiger partial charge on any atom is -0.481 e. The molecule has 0 bridgehead atoms. The number of carboxylic acid groups (broad SMARTS) is 1. The van der Waals surface area contributed by atoms with E-state index in [2.05, 4.69) is 33.6 Å². The number of hydrogen-bond donors (Lipinski definition) is 3. The van der Waals surface area contributed by atoms with Crippen LogP contribution in [0.25, 0.3) is 11.4 Å². The van der Waals surface area contributed by atoms with Crippen LogP contribution in [0.3, 0.4) is 0 Å². The van der Waals surface area contributed by atoms with Crippen LogP contribution in [0.15, 0.2) is 48.6 Å². The minimum absolute atomic E-state index is 0.0543. The molecule has 0 aliphatic heterocycles. The van der Waals surface area contributed by atoms with Gasteiger partial charge in [-0.3, -0.25) is 4.79 Å². The maximum atomic E-state index is 11.0. The van der Waals surface area contributed by atoms with Gasteiger partial charge in [0.1, 0.15) is 0 Å². The Hall–Kier alpha value is -2.45. The number of allylic oxidation sites excluding steroid dienone is 3. The zero-order valence-electron chi connectivity index (χ0n) is 19.4. The van der Waals surface area contributed by atoms with Gasteiger partial charge in [0, 0.05) is 11.3 Å². The number of aromatic amines is 1. The summed E-state index contributed by atoms with van der Waals surface area (Å²) in [6.45, 7) is 2.24. The second kappa shape index (κ2) is 16.2. The highest BCUT2D eigenvalue weighted by atomic mass is 32.2. The molecule has 0 aliphatic carbocycles. The van der Waals surface area contributed by atoms with Gasteiger partial charge in [0.15, 0.2) is 0 Å². The molecule has 7 nitrogen and oxygen atoms in total. The molecule has 0 fully saturated rings. The maximum absolute atomic E-state index is 11.0. The molecular weight excluding hydrogens is 436 g/mol. The highest BCUT2D eigenvalue weighted by Gasteiger charge is 2.20. The quantitative estimate of drug-likeness (QED) is 0.199. The van der Waals surface area contributed by atoms with E-state index in [9.17, 15) is 9.90 Å². The topological polar surface area (TPSA) is 112 Å². The lowest BCUT2D eigenvalue weighted by Crippen LogP contribution is -2.14. The number of tetrazole rings is 1. The van der Waals surface area contributed by atoms with E-state index in [1.807, 2.05) is 42.5 Å². The van der Waals surface area contributed by atoms with Gasteiger partial charge in [0.25, 0.3) is 0 Å². The standard InChI is InChI=1S/C25H36N4O3S/c1-2-3-4-5-6-7-8-9-10-11-12-16-22(33-18-17-23(30)31)24(32)20-14-13-15-21(19-20)25-26-28-29-27-25/h10-16,19,22,24,32H,2-9,17-18H2,1H3,(H,30,31)(H,26,27,28,29)/t22-,24+/m0/s1. The van der Waals surface area contributed by atoms with E-state index in [0.717, 1.165) is 17.5 Å². The third-order valence-electron chi connectivity index (χ3n) is 5.29. The summed E-state index contributed by atoms with van der Waals surface area (Å²) in [6, 6.07) is 7.39. The number of thioether (sulfide) groups is 1. The number of hydrogen-bond acceptors (Lipinski definition) is 6. The van der Waals surface area contributed by atoms with E-state index in [0.29, 0.717) is 11.6 Å². The fourth-order valence-corrected chi connectivity index (χ4v) is 4.54. The number of aromatic nitrogens is 4. The Morgan fingerprint density at radius 3 is 2.67 bits per heavy atom. The van der Waals surface area contributed by atoms with Gasteiger partial charge in [-0.05, 0) is 29.7 Å². The number of carboxylic acids is 1. The molecule has 1 heterocycles. The van der Waals surface area contributed by atoms with Crippen LogP contribution < -0.4 is 0 Å². The highest BCUT2D eigenvalue weighted by molar-refractivity contribution is 8.00. The predicted molar refractivity (Wildman–Crippen MR) is 134 cm³/mol. The van der Waals surface area contributed by atoms with Crippen molar-refractivity contribution in [3.05, 3.63) is 54.1 Å². The fraction of sp³-hybridized carbons (Fsp3) is 0.520. The number of rotatable bonds is 17. The summed E-state index contributed by atoms with van der Waals surface area (Å²) in [6.07, 6.45) is 17.4. The third kappa shape index (κ3) is 10.8. The molecule has 2 aromatic rings. The second-order valence-electron chi connectivity index (χ2n) is 8.01. The van der Waals surface area contributed by atoms with Crippen LogP contribution in [0.5, 0.6) is 0 Å². The zero-order chi connectivity index (χ0) is 23.7. The highest BCUT2D eigenvalue weighted by Crippen LogP contribution is 2.30. The SMILES string of the molecule is CCCCCCCCCC=CC=C[C@H](SCCC(=O)O)[C@H](O)c1cccc(-c2nn[nH]n2)c1. The lowest BCUT2D eigenvalue weighted by molar-refractivity contribution is -0.136. The van der Waals surface area contributed by atoms with E-state index in [1.165, 1.54) is 56.7 Å². The molecule has 1 aromatic carbocycles. The molecule has 0 saturated carbocycles. The third-order valence-corrected chi connectivity index (χ3v) is 6.53. The second-order valence-corrected chi connectivity index (χ2v) is 9.29. The summed E-state index contributed by atoms with van der Waals surface area (Å²) in [5, 5.41) is 33.7. The number of nitrogens with one attached hydrogen (secondary N) is 1. The number of carbonyl (C=O) groups is 1. The van der Waals surface area contributed by atoms with Crippen LogP contribution in [-0.4, -0.2) is 47.8 Å². The van der Waals surface area contributed by atoms with E-state index < -0.39 is 12.1 Å². The van der Waals surface area contributed by atoms with Gasteiger partial charge < -0.3 is 10.2 Å². The molecule has 1 aromatic heterocycles. The Morgan fingerprint density at radius 1 is 1.15 bits per heavy atom. The van der Waals surface area contributed by atoms with E-state index in [1.54, 1.807) is 0 Å². The van der Waals surface area contributed by atoms with Crippen LogP contribution in [0.2, 0.25) is 0 Å². The van der Waals surface area contributed by atoms with Crippen molar-refractivity contribution in [3.8, 4) is 11.4 Å². The Labute approximate surface area is 200 Å². The van der Waals surface area contributed by atoms with Crippen molar-refractivity contribution in [2.24, 2.45) is 0 Å². The first-order chi connectivity index (χ1) is 16.1. The molecule has 0 unspecified atom stereocenters. The first-order valence-corrected chi connectivity index (χ1v) is 12.8. The fourth-order valence-electron chi connectivity index (χ4n) is 3.44. The lowest BCUT2D eigenvalue weighted by Gasteiger charge is -2.20. The van der Waals surface area contributed by atoms with Gasteiger partial charge in [0.05, 0.1) is 17.8 Å². The summed E-state index contributed by atoms with van der Waals surface area (Å²) < 4.78 is 0. The Balaban J connectivity index is 1.91. The van der Waals surface area contributed by atoms with Crippen molar-refractivity contribution in [1.29, 1.82) is 0 Å².